The van der Waals surface area contributed by atoms with Crippen LogP contribution < -0.4 is 4.74 Å². The van der Waals surface area contributed by atoms with Gasteiger partial charge in [0.2, 0.25) is 0 Å². The van der Waals surface area contributed by atoms with Crippen LogP contribution in [-0.4, -0.2) is 4.92 Å². The molecule has 4 nitrogen and oxygen atoms in total. The van der Waals surface area contributed by atoms with Crippen LogP contribution in [0.5, 0.6) is 11.5 Å². The Hall–Kier alpha value is -1.47. The van der Waals surface area contributed by atoms with Gasteiger partial charge < -0.3 is 4.74 Å². The van der Waals surface area contributed by atoms with E-state index in [4.69, 9.17) is 4.74 Å². The Bertz CT molecular complexity index is 664. The van der Waals surface area contributed by atoms with Gasteiger partial charge in [0.25, 0.3) is 5.69 Å². The van der Waals surface area contributed by atoms with E-state index >= 15 is 0 Å². The van der Waals surface area contributed by atoms with Crippen molar-refractivity contribution in [1.82, 2.24) is 0 Å². The number of hydrogen-bond donors (Lipinski definition) is 0. The fourth-order valence-corrected chi connectivity index (χ4v) is 2.39. The van der Waals surface area contributed by atoms with Gasteiger partial charge in [0.05, 0.1) is 4.92 Å². The lowest BCUT2D eigenvalue weighted by atomic mass is 10.2. The Morgan fingerprint density at radius 2 is 2.00 bits per heavy atom. The van der Waals surface area contributed by atoms with Crippen LogP contribution in [-0.2, 0) is 5.33 Å². The molecule has 0 aliphatic carbocycles. The quantitative estimate of drug-likeness (QED) is 0.400. The number of nitrogens with zero attached hydrogens (tertiary/aromatic N) is 1. The molecule has 0 aromatic heterocycles. The number of ether oxygens (including phenoxy) is 1. The lowest BCUT2D eigenvalue weighted by Gasteiger charge is -2.09. The van der Waals surface area contributed by atoms with Crippen molar-refractivity contribution < 1.29 is 14.1 Å². The first kappa shape index (κ1) is 14.9. The highest BCUT2D eigenvalue weighted by molar-refractivity contribution is 9.10. The summed E-state index contributed by atoms with van der Waals surface area (Å²) in [6.07, 6.45) is 0. The molecule has 0 saturated heterocycles. The second-order valence-electron chi connectivity index (χ2n) is 3.85. The van der Waals surface area contributed by atoms with Gasteiger partial charge in [-0.2, -0.15) is 0 Å². The van der Waals surface area contributed by atoms with Gasteiger partial charge in [0, 0.05) is 11.4 Å². The van der Waals surface area contributed by atoms with E-state index in [1.54, 1.807) is 6.07 Å². The molecule has 0 amide bonds. The average Bonchev–Trinajstić information content (AvgIpc) is 2.42. The van der Waals surface area contributed by atoms with Crippen molar-refractivity contribution in [2.45, 2.75) is 5.33 Å². The molecular weight excluding hydrogens is 397 g/mol. The summed E-state index contributed by atoms with van der Waals surface area (Å²) < 4.78 is 19.4. The molecule has 0 atom stereocenters. The van der Waals surface area contributed by atoms with Crippen LogP contribution in [0.4, 0.5) is 10.1 Å². The minimum absolute atomic E-state index is 0.0101. The smallest absolute Gasteiger partial charge is 0.287 e. The molecule has 0 fully saturated rings. The van der Waals surface area contributed by atoms with E-state index < -0.39 is 10.7 Å². The van der Waals surface area contributed by atoms with Crippen LogP contribution in [0.1, 0.15) is 5.56 Å². The van der Waals surface area contributed by atoms with Crippen LogP contribution in [0.25, 0.3) is 0 Å². The molecule has 0 unspecified atom stereocenters. The number of hydrogen-bond acceptors (Lipinski definition) is 3. The second kappa shape index (κ2) is 6.32. The van der Waals surface area contributed by atoms with Crippen molar-refractivity contribution in [3.05, 3.63) is 62.4 Å². The van der Waals surface area contributed by atoms with Crippen molar-refractivity contribution in [1.29, 1.82) is 0 Å². The maximum Gasteiger partial charge on any atom is 0.287 e. The van der Waals surface area contributed by atoms with E-state index in [0.29, 0.717) is 5.33 Å². The molecule has 7 heteroatoms. The summed E-state index contributed by atoms with van der Waals surface area (Å²) in [5.74, 6) is -0.332. The van der Waals surface area contributed by atoms with E-state index in [1.165, 1.54) is 30.3 Å². The second-order valence-corrected chi connectivity index (χ2v) is 5.20. The summed E-state index contributed by atoms with van der Waals surface area (Å²) in [4.78, 5) is 10.3. The zero-order valence-corrected chi connectivity index (χ0v) is 13.1. The zero-order valence-electron chi connectivity index (χ0n) is 9.98. The number of nitro benzene ring substituents is 1. The van der Waals surface area contributed by atoms with Gasteiger partial charge in [-0.15, -0.1) is 0 Å². The molecule has 0 heterocycles. The molecule has 104 valence electrons. The molecule has 0 spiro atoms. The number of halogens is 3. The highest BCUT2D eigenvalue weighted by Crippen LogP contribution is 2.37. The molecule has 0 aliphatic rings. The summed E-state index contributed by atoms with van der Waals surface area (Å²) in [6, 6.07) is 8.87. The molecule has 0 aliphatic heterocycles. The summed E-state index contributed by atoms with van der Waals surface area (Å²) in [7, 11) is 0. The Morgan fingerprint density at radius 1 is 1.25 bits per heavy atom. The monoisotopic (exact) mass is 403 g/mol. The molecule has 2 rings (SSSR count). The van der Waals surface area contributed by atoms with Crippen LogP contribution in [0.3, 0.4) is 0 Å². The fraction of sp³-hybridized carbons (Fsp3) is 0.0769. The molecule has 0 radical (unpaired) electrons. The standard InChI is InChI=1S/C13H8Br2FNO3/c14-7-8-4-5-11(9(16)6-8)20-12-3-1-2-10(13(12)15)17(18)19/h1-6H,7H2. The summed E-state index contributed by atoms with van der Waals surface area (Å²) >= 11 is 6.33. The van der Waals surface area contributed by atoms with Gasteiger partial charge in [-0.1, -0.05) is 28.1 Å². The molecule has 0 N–H and O–H groups in total. The minimum Gasteiger partial charge on any atom is -0.453 e. The van der Waals surface area contributed by atoms with Gasteiger partial charge in [0.15, 0.2) is 11.6 Å². The van der Waals surface area contributed by atoms with E-state index in [-0.39, 0.29) is 21.7 Å². The molecule has 0 saturated carbocycles. The van der Waals surface area contributed by atoms with Gasteiger partial charge in [-0.25, -0.2) is 4.39 Å². The Balaban J connectivity index is 2.35. The highest BCUT2D eigenvalue weighted by atomic mass is 79.9. The van der Waals surface area contributed by atoms with Crippen LogP contribution in [0.15, 0.2) is 40.9 Å². The average molecular weight is 405 g/mol. The first-order valence-electron chi connectivity index (χ1n) is 5.48. The Kier molecular flexibility index (Phi) is 4.72. The van der Waals surface area contributed by atoms with E-state index in [2.05, 4.69) is 31.9 Å². The normalized spacial score (nSPS) is 10.3. The largest absolute Gasteiger partial charge is 0.453 e. The predicted octanol–water partition coefficient (Wildman–Crippen LogP) is 5.18. The van der Waals surface area contributed by atoms with Crippen molar-refractivity contribution in [2.75, 3.05) is 0 Å². The van der Waals surface area contributed by atoms with E-state index in [0.717, 1.165) is 5.56 Å². The maximum absolute atomic E-state index is 13.8. The van der Waals surface area contributed by atoms with E-state index in [1.807, 2.05) is 0 Å². The first-order chi connectivity index (χ1) is 9.52. The summed E-state index contributed by atoms with van der Waals surface area (Å²) in [6.45, 7) is 0. The van der Waals surface area contributed by atoms with Gasteiger partial charge in [-0.3, -0.25) is 10.1 Å². The lowest BCUT2D eigenvalue weighted by molar-refractivity contribution is -0.385. The van der Waals surface area contributed by atoms with E-state index in [9.17, 15) is 14.5 Å². The molecule has 20 heavy (non-hydrogen) atoms. The third-order valence-corrected chi connectivity index (χ3v) is 3.95. The summed E-state index contributed by atoms with van der Waals surface area (Å²) in [5.41, 5.74) is 0.632. The molecule has 0 bridgehead atoms. The van der Waals surface area contributed by atoms with Crippen LogP contribution in [0, 0.1) is 15.9 Å². The van der Waals surface area contributed by atoms with Crippen LogP contribution >= 0.6 is 31.9 Å². The van der Waals surface area contributed by atoms with Gasteiger partial charge in [0.1, 0.15) is 10.2 Å². The van der Waals surface area contributed by atoms with Crippen molar-refractivity contribution in [3.63, 3.8) is 0 Å². The van der Waals surface area contributed by atoms with Crippen molar-refractivity contribution in [2.24, 2.45) is 0 Å². The SMILES string of the molecule is O=[N+]([O-])c1cccc(Oc2ccc(CBr)cc2F)c1Br. The number of benzene rings is 2. The van der Waals surface area contributed by atoms with Crippen LogP contribution in [0.2, 0.25) is 0 Å². The molecule has 2 aromatic rings. The molecular formula is C13H8Br2FNO3. The molecule has 2 aromatic carbocycles. The zero-order chi connectivity index (χ0) is 14.7. The van der Waals surface area contributed by atoms with Gasteiger partial charge in [-0.05, 0) is 39.7 Å². The Morgan fingerprint density at radius 3 is 2.60 bits per heavy atom. The number of nitro groups is 1. The predicted molar refractivity (Wildman–Crippen MR) is 79.9 cm³/mol. The number of rotatable bonds is 4. The first-order valence-corrected chi connectivity index (χ1v) is 7.39. The topological polar surface area (TPSA) is 52.4 Å². The third kappa shape index (κ3) is 3.16. The Labute approximate surface area is 131 Å². The van der Waals surface area contributed by atoms with Gasteiger partial charge >= 0.3 is 0 Å². The third-order valence-electron chi connectivity index (χ3n) is 2.51. The summed E-state index contributed by atoms with van der Waals surface area (Å²) in [5, 5.41) is 11.4. The minimum atomic E-state index is -0.540. The van der Waals surface area contributed by atoms with Crippen molar-refractivity contribution in [3.8, 4) is 11.5 Å². The highest BCUT2D eigenvalue weighted by Gasteiger charge is 2.17. The maximum atomic E-state index is 13.8. The van der Waals surface area contributed by atoms with Crippen molar-refractivity contribution >= 4 is 37.5 Å². The fourth-order valence-electron chi connectivity index (χ4n) is 1.55. The number of alkyl halides is 1. The lowest BCUT2D eigenvalue weighted by Crippen LogP contribution is -1.94.